The van der Waals surface area contributed by atoms with Crippen molar-refractivity contribution in [1.29, 1.82) is 0 Å². The van der Waals surface area contributed by atoms with Crippen molar-refractivity contribution >= 4 is 11.9 Å². The van der Waals surface area contributed by atoms with Crippen LogP contribution in [0.5, 0.6) is 0 Å². The van der Waals surface area contributed by atoms with E-state index in [1.165, 1.54) is 0 Å². The molecule has 0 aromatic heterocycles. The van der Waals surface area contributed by atoms with Crippen LogP contribution in [0.4, 0.5) is 0 Å². The lowest BCUT2D eigenvalue weighted by Crippen LogP contribution is -2.22. The molecule has 1 aliphatic heterocycles. The van der Waals surface area contributed by atoms with Crippen LogP contribution in [-0.2, 0) is 14.3 Å². The Labute approximate surface area is 84.3 Å². The second-order valence-corrected chi connectivity index (χ2v) is 4.26. The summed E-state index contributed by atoms with van der Waals surface area (Å²) in [7, 11) is 0. The van der Waals surface area contributed by atoms with Gasteiger partial charge < -0.3 is 9.47 Å². The molecular weight excluding hydrogens is 182 g/mol. The first-order valence-corrected chi connectivity index (χ1v) is 4.83. The molecule has 0 spiro atoms. The summed E-state index contributed by atoms with van der Waals surface area (Å²) in [6, 6.07) is -0.468. The maximum absolute atomic E-state index is 11.3. The molecule has 0 aliphatic carbocycles. The van der Waals surface area contributed by atoms with Crippen molar-refractivity contribution in [3.63, 3.8) is 0 Å². The standard InChI is InChI=1S/C10H17NO3/c1-5-13-8(12)7-6-14-9(11-7)10(2,3)4/h7H,5-6H2,1-4H3/t7-/m0/s1. The maximum atomic E-state index is 11.3. The summed E-state index contributed by atoms with van der Waals surface area (Å²) in [6.07, 6.45) is 0. The summed E-state index contributed by atoms with van der Waals surface area (Å²) >= 11 is 0. The number of rotatable bonds is 2. The van der Waals surface area contributed by atoms with Gasteiger partial charge in [-0.05, 0) is 6.92 Å². The molecule has 0 aromatic rings. The van der Waals surface area contributed by atoms with Crippen LogP contribution >= 0.6 is 0 Å². The number of aliphatic imine (C=N–C) groups is 1. The van der Waals surface area contributed by atoms with Crippen LogP contribution in [-0.4, -0.2) is 31.1 Å². The zero-order valence-corrected chi connectivity index (χ0v) is 9.16. The van der Waals surface area contributed by atoms with E-state index in [2.05, 4.69) is 4.99 Å². The Morgan fingerprint density at radius 3 is 2.71 bits per heavy atom. The number of hydrogen-bond acceptors (Lipinski definition) is 4. The van der Waals surface area contributed by atoms with E-state index in [0.29, 0.717) is 19.1 Å². The van der Waals surface area contributed by atoms with Gasteiger partial charge in [0.25, 0.3) is 0 Å². The van der Waals surface area contributed by atoms with Crippen LogP contribution < -0.4 is 0 Å². The van der Waals surface area contributed by atoms with Crippen LogP contribution in [0.2, 0.25) is 0 Å². The third kappa shape index (κ3) is 2.47. The summed E-state index contributed by atoms with van der Waals surface area (Å²) in [5.74, 6) is 0.335. The number of esters is 1. The topological polar surface area (TPSA) is 47.9 Å². The molecule has 1 rings (SSSR count). The molecule has 0 N–H and O–H groups in total. The molecule has 0 bridgehead atoms. The molecule has 4 heteroatoms. The second kappa shape index (κ2) is 3.98. The third-order valence-electron chi connectivity index (χ3n) is 1.85. The third-order valence-corrected chi connectivity index (χ3v) is 1.85. The maximum Gasteiger partial charge on any atom is 0.334 e. The number of ether oxygens (including phenoxy) is 2. The van der Waals surface area contributed by atoms with Crippen LogP contribution in [0.15, 0.2) is 4.99 Å². The van der Waals surface area contributed by atoms with Gasteiger partial charge in [0.05, 0.1) is 6.61 Å². The Balaban J connectivity index is 2.62. The Bertz CT molecular complexity index is 253. The van der Waals surface area contributed by atoms with Gasteiger partial charge in [0.1, 0.15) is 6.61 Å². The number of carbonyl (C=O) groups excluding carboxylic acids is 1. The normalized spacial score (nSPS) is 21.4. The van der Waals surface area contributed by atoms with Gasteiger partial charge in [-0.1, -0.05) is 20.8 Å². The highest BCUT2D eigenvalue weighted by Gasteiger charge is 2.32. The van der Waals surface area contributed by atoms with Gasteiger partial charge in [-0.15, -0.1) is 0 Å². The minimum Gasteiger partial charge on any atom is -0.478 e. The SMILES string of the molecule is CCOC(=O)[C@@H]1COC(C(C)(C)C)=N1. The molecule has 0 saturated heterocycles. The minimum atomic E-state index is -0.468. The van der Waals surface area contributed by atoms with Gasteiger partial charge >= 0.3 is 5.97 Å². The first-order valence-electron chi connectivity index (χ1n) is 4.83. The Morgan fingerprint density at radius 1 is 1.64 bits per heavy atom. The second-order valence-electron chi connectivity index (χ2n) is 4.26. The van der Waals surface area contributed by atoms with Crippen molar-refractivity contribution in [2.24, 2.45) is 10.4 Å². The van der Waals surface area contributed by atoms with Crippen molar-refractivity contribution in [1.82, 2.24) is 0 Å². The summed E-state index contributed by atoms with van der Waals surface area (Å²) in [5.41, 5.74) is -0.138. The molecule has 1 heterocycles. The van der Waals surface area contributed by atoms with Crippen LogP contribution in [0, 0.1) is 5.41 Å². The lowest BCUT2D eigenvalue weighted by atomic mass is 9.97. The Kier molecular flexibility index (Phi) is 3.13. The molecule has 14 heavy (non-hydrogen) atoms. The molecule has 1 aliphatic rings. The zero-order chi connectivity index (χ0) is 10.8. The average Bonchev–Trinajstić information content (AvgIpc) is 2.51. The largest absolute Gasteiger partial charge is 0.478 e. The molecule has 4 nitrogen and oxygen atoms in total. The summed E-state index contributed by atoms with van der Waals surface area (Å²) < 4.78 is 10.2. The highest BCUT2D eigenvalue weighted by molar-refractivity contribution is 5.88. The molecule has 1 atom stereocenters. The number of hydrogen-bond donors (Lipinski definition) is 0. The van der Waals surface area contributed by atoms with Crippen molar-refractivity contribution < 1.29 is 14.3 Å². The van der Waals surface area contributed by atoms with Crippen LogP contribution in [0.25, 0.3) is 0 Å². The fraction of sp³-hybridized carbons (Fsp3) is 0.800. The molecule has 0 radical (unpaired) electrons. The molecule has 0 saturated carbocycles. The zero-order valence-electron chi connectivity index (χ0n) is 9.16. The predicted molar refractivity (Wildman–Crippen MR) is 53.3 cm³/mol. The lowest BCUT2D eigenvalue weighted by molar-refractivity contribution is -0.144. The highest BCUT2D eigenvalue weighted by atomic mass is 16.5. The van der Waals surface area contributed by atoms with Gasteiger partial charge in [-0.25, -0.2) is 9.79 Å². The molecular formula is C10H17NO3. The van der Waals surface area contributed by atoms with Gasteiger partial charge in [-0.3, -0.25) is 0 Å². The first kappa shape index (κ1) is 11.0. The average molecular weight is 199 g/mol. The molecule has 80 valence electrons. The number of nitrogens with zero attached hydrogens (tertiary/aromatic N) is 1. The smallest absolute Gasteiger partial charge is 0.334 e. The Hall–Kier alpha value is -1.06. The van der Waals surface area contributed by atoms with Crippen molar-refractivity contribution in [3.8, 4) is 0 Å². The summed E-state index contributed by atoms with van der Waals surface area (Å²) in [6.45, 7) is 8.47. The molecule has 0 fully saturated rings. The summed E-state index contributed by atoms with van der Waals surface area (Å²) in [4.78, 5) is 15.5. The van der Waals surface area contributed by atoms with E-state index >= 15 is 0 Å². The minimum absolute atomic E-state index is 0.138. The van der Waals surface area contributed by atoms with E-state index < -0.39 is 6.04 Å². The van der Waals surface area contributed by atoms with E-state index in [-0.39, 0.29) is 11.4 Å². The molecule has 0 aromatic carbocycles. The van der Waals surface area contributed by atoms with E-state index in [1.807, 2.05) is 20.8 Å². The number of carbonyl (C=O) groups is 1. The fourth-order valence-corrected chi connectivity index (χ4v) is 1.14. The molecule has 0 amide bonds. The van der Waals surface area contributed by atoms with Gasteiger partial charge in [0.15, 0.2) is 11.9 Å². The Morgan fingerprint density at radius 2 is 2.29 bits per heavy atom. The van der Waals surface area contributed by atoms with E-state index in [0.717, 1.165) is 0 Å². The highest BCUT2D eigenvalue weighted by Crippen LogP contribution is 2.22. The molecule has 0 unspecified atom stereocenters. The first-order chi connectivity index (χ1) is 6.45. The van der Waals surface area contributed by atoms with Crippen LogP contribution in [0.1, 0.15) is 27.7 Å². The van der Waals surface area contributed by atoms with E-state index in [9.17, 15) is 4.79 Å². The van der Waals surface area contributed by atoms with Gasteiger partial charge in [-0.2, -0.15) is 0 Å². The van der Waals surface area contributed by atoms with Gasteiger partial charge in [0.2, 0.25) is 0 Å². The van der Waals surface area contributed by atoms with E-state index in [1.54, 1.807) is 6.92 Å². The summed E-state index contributed by atoms with van der Waals surface area (Å²) in [5, 5.41) is 0. The predicted octanol–water partition coefficient (Wildman–Crippen LogP) is 1.39. The van der Waals surface area contributed by atoms with Gasteiger partial charge in [0, 0.05) is 5.41 Å². The quantitative estimate of drug-likeness (QED) is 0.631. The van der Waals surface area contributed by atoms with Crippen molar-refractivity contribution in [2.75, 3.05) is 13.2 Å². The lowest BCUT2D eigenvalue weighted by Gasteiger charge is -2.16. The van der Waals surface area contributed by atoms with E-state index in [4.69, 9.17) is 9.47 Å². The van der Waals surface area contributed by atoms with Crippen molar-refractivity contribution in [2.45, 2.75) is 33.7 Å². The fourth-order valence-electron chi connectivity index (χ4n) is 1.14. The van der Waals surface area contributed by atoms with Crippen molar-refractivity contribution in [3.05, 3.63) is 0 Å². The van der Waals surface area contributed by atoms with Crippen LogP contribution in [0.3, 0.4) is 0 Å². The monoisotopic (exact) mass is 199 g/mol.